The van der Waals surface area contributed by atoms with Crippen LogP contribution in [0.3, 0.4) is 0 Å². The molecule has 0 aromatic carbocycles. The standard InChI is InChI=1S/C14H22ClN3O/c1-9(14(2,3)4)18(6)13(19)12-10(15)7-8-11(16-5)17-12/h7-9H,1-6H3,(H,16,17). The Hall–Kier alpha value is -1.29. The SMILES string of the molecule is CNc1ccc(Cl)c(C(=O)N(C)C(C)C(C)(C)C)n1. The Balaban J connectivity index is 3.06. The average molecular weight is 284 g/mol. The smallest absolute Gasteiger partial charge is 0.274 e. The lowest BCUT2D eigenvalue weighted by Crippen LogP contribution is -2.43. The van der Waals surface area contributed by atoms with E-state index in [1.807, 2.05) is 6.92 Å². The molecule has 0 aliphatic heterocycles. The minimum absolute atomic E-state index is 0.00248. The normalized spacial score (nSPS) is 13.0. The molecule has 0 fully saturated rings. The van der Waals surface area contributed by atoms with Crippen molar-refractivity contribution in [3.05, 3.63) is 22.8 Å². The number of nitrogens with zero attached hydrogens (tertiary/aromatic N) is 2. The predicted molar refractivity (Wildman–Crippen MR) is 79.8 cm³/mol. The van der Waals surface area contributed by atoms with E-state index in [1.54, 1.807) is 31.1 Å². The van der Waals surface area contributed by atoms with Crippen molar-refractivity contribution in [2.45, 2.75) is 33.7 Å². The number of rotatable bonds is 3. The molecule has 1 aromatic heterocycles. The van der Waals surface area contributed by atoms with E-state index >= 15 is 0 Å². The third kappa shape index (κ3) is 3.60. The van der Waals surface area contributed by atoms with Crippen LogP contribution in [0.4, 0.5) is 5.82 Å². The first-order valence-electron chi connectivity index (χ1n) is 6.30. The fourth-order valence-electron chi connectivity index (χ4n) is 1.66. The molecule has 106 valence electrons. The van der Waals surface area contributed by atoms with E-state index in [1.165, 1.54) is 0 Å². The zero-order valence-corrected chi connectivity index (χ0v) is 13.2. The molecule has 1 heterocycles. The molecule has 0 bridgehead atoms. The zero-order chi connectivity index (χ0) is 14.8. The van der Waals surface area contributed by atoms with Crippen LogP contribution in [-0.4, -0.2) is 35.9 Å². The van der Waals surface area contributed by atoms with Crippen molar-refractivity contribution >= 4 is 23.3 Å². The quantitative estimate of drug-likeness (QED) is 0.926. The Bertz CT molecular complexity index is 468. The summed E-state index contributed by atoms with van der Waals surface area (Å²) in [6.45, 7) is 8.31. The summed E-state index contributed by atoms with van der Waals surface area (Å²) >= 11 is 6.07. The average Bonchev–Trinajstić information content (AvgIpc) is 2.35. The second-order valence-corrected chi connectivity index (χ2v) is 6.14. The number of hydrogen-bond donors (Lipinski definition) is 1. The van der Waals surface area contributed by atoms with Crippen LogP contribution < -0.4 is 5.32 Å². The van der Waals surface area contributed by atoms with Gasteiger partial charge < -0.3 is 10.2 Å². The van der Waals surface area contributed by atoms with Gasteiger partial charge in [0.2, 0.25) is 0 Å². The Morgan fingerprint density at radius 3 is 2.47 bits per heavy atom. The van der Waals surface area contributed by atoms with Crippen LogP contribution in [0.5, 0.6) is 0 Å². The fourth-order valence-corrected chi connectivity index (χ4v) is 1.84. The molecule has 1 N–H and O–H groups in total. The molecule has 0 aliphatic carbocycles. The molecule has 0 radical (unpaired) electrons. The van der Waals surface area contributed by atoms with Gasteiger partial charge in [0.1, 0.15) is 11.5 Å². The molecule has 1 atom stereocenters. The Kier molecular flexibility index (Phi) is 4.80. The van der Waals surface area contributed by atoms with Crippen LogP contribution in [0, 0.1) is 5.41 Å². The summed E-state index contributed by atoms with van der Waals surface area (Å²) in [5.41, 5.74) is 0.282. The summed E-state index contributed by atoms with van der Waals surface area (Å²) < 4.78 is 0. The summed E-state index contributed by atoms with van der Waals surface area (Å²) in [4.78, 5) is 18.4. The van der Waals surface area contributed by atoms with Crippen molar-refractivity contribution in [2.75, 3.05) is 19.4 Å². The number of halogens is 1. The van der Waals surface area contributed by atoms with E-state index in [0.29, 0.717) is 10.8 Å². The molecule has 1 amide bonds. The van der Waals surface area contributed by atoms with Crippen LogP contribution >= 0.6 is 11.6 Å². The highest BCUT2D eigenvalue weighted by atomic mass is 35.5. The Morgan fingerprint density at radius 2 is 2.00 bits per heavy atom. The van der Waals surface area contributed by atoms with E-state index in [0.717, 1.165) is 0 Å². The fraction of sp³-hybridized carbons (Fsp3) is 0.571. The highest BCUT2D eigenvalue weighted by Crippen LogP contribution is 2.25. The minimum atomic E-state index is -0.162. The Labute approximate surface area is 120 Å². The van der Waals surface area contributed by atoms with Crippen LogP contribution in [0.1, 0.15) is 38.2 Å². The van der Waals surface area contributed by atoms with Gasteiger partial charge in [-0.1, -0.05) is 32.4 Å². The lowest BCUT2D eigenvalue weighted by atomic mass is 9.87. The summed E-state index contributed by atoms with van der Waals surface area (Å²) in [6, 6.07) is 3.51. The van der Waals surface area contributed by atoms with Crippen molar-refractivity contribution in [1.82, 2.24) is 9.88 Å². The first-order chi connectivity index (χ1) is 8.68. The molecule has 0 saturated carbocycles. The second-order valence-electron chi connectivity index (χ2n) is 5.73. The number of carbonyl (C=O) groups is 1. The van der Waals surface area contributed by atoms with E-state index in [4.69, 9.17) is 11.6 Å². The molecular formula is C14H22ClN3O. The zero-order valence-electron chi connectivity index (χ0n) is 12.4. The third-order valence-electron chi connectivity index (χ3n) is 3.46. The molecule has 1 aromatic rings. The predicted octanol–water partition coefficient (Wildman–Crippen LogP) is 3.28. The molecule has 1 unspecified atom stereocenters. The van der Waals surface area contributed by atoms with Gasteiger partial charge in [0, 0.05) is 20.1 Å². The number of anilines is 1. The molecule has 5 heteroatoms. The van der Waals surface area contributed by atoms with Gasteiger partial charge in [-0.2, -0.15) is 0 Å². The maximum absolute atomic E-state index is 12.5. The summed E-state index contributed by atoms with van der Waals surface area (Å²) in [5, 5.41) is 3.28. The topological polar surface area (TPSA) is 45.2 Å². The van der Waals surface area contributed by atoms with Crippen molar-refractivity contribution in [3.63, 3.8) is 0 Å². The van der Waals surface area contributed by atoms with Crippen molar-refractivity contribution in [1.29, 1.82) is 0 Å². The monoisotopic (exact) mass is 283 g/mol. The van der Waals surface area contributed by atoms with Gasteiger partial charge in [0.15, 0.2) is 0 Å². The summed E-state index contributed by atoms with van der Waals surface area (Å²) in [7, 11) is 3.54. The molecular weight excluding hydrogens is 262 g/mol. The van der Waals surface area contributed by atoms with E-state index < -0.39 is 0 Å². The molecule has 0 saturated heterocycles. The first-order valence-corrected chi connectivity index (χ1v) is 6.67. The van der Waals surface area contributed by atoms with Gasteiger partial charge >= 0.3 is 0 Å². The van der Waals surface area contributed by atoms with Gasteiger partial charge in [-0.15, -0.1) is 0 Å². The van der Waals surface area contributed by atoms with Gasteiger partial charge in [-0.3, -0.25) is 4.79 Å². The van der Waals surface area contributed by atoms with Gasteiger partial charge in [0.05, 0.1) is 5.02 Å². The van der Waals surface area contributed by atoms with Crippen LogP contribution in [0.15, 0.2) is 12.1 Å². The first kappa shape index (κ1) is 15.8. The lowest BCUT2D eigenvalue weighted by molar-refractivity contribution is 0.0623. The van der Waals surface area contributed by atoms with Crippen LogP contribution in [0.25, 0.3) is 0 Å². The van der Waals surface area contributed by atoms with E-state index in [-0.39, 0.29) is 23.1 Å². The van der Waals surface area contributed by atoms with Crippen molar-refractivity contribution < 1.29 is 4.79 Å². The number of nitrogens with one attached hydrogen (secondary N) is 1. The Morgan fingerprint density at radius 1 is 1.42 bits per heavy atom. The van der Waals surface area contributed by atoms with Crippen LogP contribution in [-0.2, 0) is 0 Å². The van der Waals surface area contributed by atoms with Gasteiger partial charge in [-0.05, 0) is 24.5 Å². The third-order valence-corrected chi connectivity index (χ3v) is 3.76. The molecule has 19 heavy (non-hydrogen) atoms. The number of amides is 1. The highest BCUT2D eigenvalue weighted by Gasteiger charge is 2.29. The van der Waals surface area contributed by atoms with Crippen molar-refractivity contribution in [2.24, 2.45) is 5.41 Å². The number of pyridine rings is 1. The van der Waals surface area contributed by atoms with E-state index in [9.17, 15) is 4.79 Å². The maximum atomic E-state index is 12.5. The number of hydrogen-bond acceptors (Lipinski definition) is 3. The van der Waals surface area contributed by atoms with Crippen LogP contribution in [0.2, 0.25) is 5.02 Å². The van der Waals surface area contributed by atoms with E-state index in [2.05, 4.69) is 31.1 Å². The maximum Gasteiger partial charge on any atom is 0.274 e. The number of aromatic nitrogens is 1. The molecule has 4 nitrogen and oxygen atoms in total. The molecule has 0 spiro atoms. The molecule has 1 rings (SSSR count). The summed E-state index contributed by atoms with van der Waals surface area (Å²) in [6.07, 6.45) is 0. The highest BCUT2D eigenvalue weighted by molar-refractivity contribution is 6.33. The largest absolute Gasteiger partial charge is 0.373 e. The van der Waals surface area contributed by atoms with Crippen molar-refractivity contribution in [3.8, 4) is 0 Å². The summed E-state index contributed by atoms with van der Waals surface area (Å²) in [5.74, 6) is 0.467. The molecule has 0 aliphatic rings. The number of carbonyl (C=O) groups excluding carboxylic acids is 1. The minimum Gasteiger partial charge on any atom is -0.373 e. The van der Waals surface area contributed by atoms with Gasteiger partial charge in [-0.25, -0.2) is 4.98 Å². The second kappa shape index (κ2) is 5.78. The van der Waals surface area contributed by atoms with Gasteiger partial charge in [0.25, 0.3) is 5.91 Å². The lowest BCUT2D eigenvalue weighted by Gasteiger charge is -2.35.